The van der Waals surface area contributed by atoms with Gasteiger partial charge in [0.15, 0.2) is 0 Å². The van der Waals surface area contributed by atoms with E-state index in [1.807, 2.05) is 0 Å². The van der Waals surface area contributed by atoms with Crippen molar-refractivity contribution in [3.05, 3.63) is 35.9 Å². The topological polar surface area (TPSA) is 24.5 Å². The van der Waals surface area contributed by atoms with Crippen LogP contribution in [0.25, 0.3) is 0 Å². The highest BCUT2D eigenvalue weighted by molar-refractivity contribution is 5.25. The number of ether oxygens (including phenoxy) is 1. The minimum atomic E-state index is 0.0556. The molecule has 0 aromatic heterocycles. The van der Waals surface area contributed by atoms with Crippen molar-refractivity contribution < 1.29 is 4.74 Å². The number of hydrogen-bond donors (Lipinski definition) is 1. The molecule has 1 N–H and O–H groups in total. The smallest absolute Gasteiger partial charge is 0.0560 e. The minimum absolute atomic E-state index is 0.0556. The Morgan fingerprint density at radius 3 is 2.71 bits per heavy atom. The van der Waals surface area contributed by atoms with Crippen molar-refractivity contribution in [2.75, 3.05) is 26.8 Å². The molecule has 0 bridgehead atoms. The second kappa shape index (κ2) is 7.39. The molecular formula is C18H30N2O. The molecule has 1 fully saturated rings. The van der Waals surface area contributed by atoms with Crippen LogP contribution in [0.15, 0.2) is 30.3 Å². The van der Waals surface area contributed by atoms with Gasteiger partial charge < -0.3 is 10.1 Å². The first kappa shape index (κ1) is 16.5. The SMILES string of the molecule is CCC1CN(C(C)CCOC)C(C)(c2ccccc2)CN1. The van der Waals surface area contributed by atoms with Crippen LogP contribution in [0, 0.1) is 0 Å². The number of methoxy groups -OCH3 is 1. The summed E-state index contributed by atoms with van der Waals surface area (Å²) in [4.78, 5) is 2.67. The minimum Gasteiger partial charge on any atom is -0.385 e. The lowest BCUT2D eigenvalue weighted by atomic mass is 9.85. The zero-order valence-corrected chi connectivity index (χ0v) is 13.9. The Morgan fingerprint density at radius 1 is 1.38 bits per heavy atom. The van der Waals surface area contributed by atoms with E-state index in [4.69, 9.17) is 4.74 Å². The summed E-state index contributed by atoms with van der Waals surface area (Å²) in [5, 5.41) is 3.73. The number of nitrogens with one attached hydrogen (secondary N) is 1. The lowest BCUT2D eigenvalue weighted by molar-refractivity contribution is 0.00430. The van der Waals surface area contributed by atoms with Gasteiger partial charge >= 0.3 is 0 Å². The van der Waals surface area contributed by atoms with Gasteiger partial charge in [0.05, 0.1) is 5.54 Å². The molecule has 1 heterocycles. The number of rotatable bonds is 6. The number of piperazine rings is 1. The van der Waals surface area contributed by atoms with E-state index in [-0.39, 0.29) is 5.54 Å². The first-order valence-electron chi connectivity index (χ1n) is 8.16. The van der Waals surface area contributed by atoms with Gasteiger partial charge in [0.2, 0.25) is 0 Å². The van der Waals surface area contributed by atoms with Gasteiger partial charge in [-0.05, 0) is 32.3 Å². The molecule has 1 saturated heterocycles. The van der Waals surface area contributed by atoms with Crippen molar-refractivity contribution >= 4 is 0 Å². The lowest BCUT2D eigenvalue weighted by Crippen LogP contribution is -2.63. The van der Waals surface area contributed by atoms with Gasteiger partial charge in [-0.3, -0.25) is 4.90 Å². The van der Waals surface area contributed by atoms with Gasteiger partial charge in [0.1, 0.15) is 0 Å². The summed E-state index contributed by atoms with van der Waals surface area (Å²) < 4.78 is 5.29. The third-order valence-electron chi connectivity index (χ3n) is 4.95. The zero-order chi connectivity index (χ0) is 15.3. The van der Waals surface area contributed by atoms with E-state index < -0.39 is 0 Å². The van der Waals surface area contributed by atoms with Crippen molar-refractivity contribution in [3.8, 4) is 0 Å². The molecule has 3 unspecified atom stereocenters. The number of hydrogen-bond acceptors (Lipinski definition) is 3. The predicted octanol–water partition coefficient (Wildman–Crippen LogP) is 3.01. The molecule has 0 amide bonds. The van der Waals surface area contributed by atoms with E-state index >= 15 is 0 Å². The Kier molecular flexibility index (Phi) is 5.80. The second-order valence-electron chi connectivity index (χ2n) is 6.41. The summed E-state index contributed by atoms with van der Waals surface area (Å²) in [6.45, 7) is 9.90. The number of nitrogens with zero attached hydrogens (tertiary/aromatic N) is 1. The molecule has 0 aliphatic carbocycles. The van der Waals surface area contributed by atoms with Gasteiger partial charge in [-0.25, -0.2) is 0 Å². The largest absolute Gasteiger partial charge is 0.385 e. The molecule has 1 aliphatic rings. The van der Waals surface area contributed by atoms with Crippen LogP contribution in [0.5, 0.6) is 0 Å². The first-order chi connectivity index (χ1) is 10.1. The van der Waals surface area contributed by atoms with Crippen LogP contribution in [0.3, 0.4) is 0 Å². The molecule has 1 aromatic carbocycles. The van der Waals surface area contributed by atoms with Gasteiger partial charge in [-0.15, -0.1) is 0 Å². The molecule has 0 saturated carbocycles. The molecule has 118 valence electrons. The van der Waals surface area contributed by atoms with E-state index in [0.717, 1.165) is 26.1 Å². The van der Waals surface area contributed by atoms with Crippen molar-refractivity contribution in [1.82, 2.24) is 10.2 Å². The summed E-state index contributed by atoms with van der Waals surface area (Å²) in [7, 11) is 1.79. The van der Waals surface area contributed by atoms with Crippen LogP contribution >= 0.6 is 0 Å². The Labute approximate surface area is 129 Å². The normalized spacial score (nSPS) is 28.5. The molecule has 1 aromatic rings. The molecule has 21 heavy (non-hydrogen) atoms. The Morgan fingerprint density at radius 2 is 2.10 bits per heavy atom. The summed E-state index contributed by atoms with van der Waals surface area (Å²) >= 11 is 0. The summed E-state index contributed by atoms with van der Waals surface area (Å²) in [6.07, 6.45) is 2.26. The standard InChI is InChI=1S/C18H30N2O/c1-5-17-13-20(15(2)11-12-21-4)18(3,14-19-17)16-9-7-6-8-10-16/h6-10,15,17,19H,5,11-14H2,1-4H3. The predicted molar refractivity (Wildman–Crippen MR) is 88.5 cm³/mol. The van der Waals surface area contributed by atoms with Crippen LogP contribution < -0.4 is 5.32 Å². The van der Waals surface area contributed by atoms with Crippen LogP contribution in [0.4, 0.5) is 0 Å². The van der Waals surface area contributed by atoms with Gasteiger partial charge in [-0.2, -0.15) is 0 Å². The maximum Gasteiger partial charge on any atom is 0.0560 e. The fourth-order valence-corrected chi connectivity index (χ4v) is 3.40. The maximum atomic E-state index is 5.29. The van der Waals surface area contributed by atoms with Crippen molar-refractivity contribution in [1.29, 1.82) is 0 Å². The zero-order valence-electron chi connectivity index (χ0n) is 13.9. The molecule has 2 rings (SSSR count). The molecular weight excluding hydrogens is 260 g/mol. The fourth-order valence-electron chi connectivity index (χ4n) is 3.40. The Balaban J connectivity index is 2.24. The summed E-state index contributed by atoms with van der Waals surface area (Å²) in [6, 6.07) is 12.0. The van der Waals surface area contributed by atoms with Crippen molar-refractivity contribution in [2.45, 2.75) is 51.2 Å². The molecule has 0 radical (unpaired) electrons. The molecule has 0 spiro atoms. The molecule has 1 aliphatic heterocycles. The van der Waals surface area contributed by atoms with E-state index in [2.05, 4.69) is 61.3 Å². The Bertz CT molecular complexity index is 422. The summed E-state index contributed by atoms with van der Waals surface area (Å²) in [5.41, 5.74) is 1.46. The average Bonchev–Trinajstić information content (AvgIpc) is 2.54. The lowest BCUT2D eigenvalue weighted by Gasteiger charge is -2.51. The average molecular weight is 290 g/mol. The molecule has 3 nitrogen and oxygen atoms in total. The monoisotopic (exact) mass is 290 g/mol. The third kappa shape index (κ3) is 3.65. The quantitative estimate of drug-likeness (QED) is 0.871. The van der Waals surface area contributed by atoms with Crippen molar-refractivity contribution in [3.63, 3.8) is 0 Å². The van der Waals surface area contributed by atoms with Crippen LogP contribution in [-0.2, 0) is 10.3 Å². The highest BCUT2D eigenvalue weighted by Crippen LogP contribution is 2.33. The fraction of sp³-hybridized carbons (Fsp3) is 0.667. The van der Waals surface area contributed by atoms with Crippen molar-refractivity contribution in [2.24, 2.45) is 0 Å². The molecule has 3 atom stereocenters. The van der Waals surface area contributed by atoms with Gasteiger partial charge in [0.25, 0.3) is 0 Å². The first-order valence-corrected chi connectivity index (χ1v) is 8.16. The third-order valence-corrected chi connectivity index (χ3v) is 4.95. The Hall–Kier alpha value is -0.900. The van der Waals surface area contributed by atoms with E-state index in [1.165, 1.54) is 12.0 Å². The van der Waals surface area contributed by atoms with Crippen LogP contribution in [0.2, 0.25) is 0 Å². The number of benzene rings is 1. The highest BCUT2D eigenvalue weighted by Gasteiger charge is 2.40. The summed E-state index contributed by atoms with van der Waals surface area (Å²) in [5.74, 6) is 0. The van der Waals surface area contributed by atoms with E-state index in [1.54, 1.807) is 7.11 Å². The molecule has 3 heteroatoms. The highest BCUT2D eigenvalue weighted by atomic mass is 16.5. The van der Waals surface area contributed by atoms with Gasteiger partial charge in [-0.1, -0.05) is 37.3 Å². The van der Waals surface area contributed by atoms with Crippen LogP contribution in [0.1, 0.15) is 39.2 Å². The van der Waals surface area contributed by atoms with E-state index in [9.17, 15) is 0 Å². The van der Waals surface area contributed by atoms with E-state index in [0.29, 0.717) is 12.1 Å². The second-order valence-corrected chi connectivity index (χ2v) is 6.41. The van der Waals surface area contributed by atoms with Crippen LogP contribution in [-0.4, -0.2) is 43.8 Å². The maximum absolute atomic E-state index is 5.29. The van der Waals surface area contributed by atoms with Gasteiger partial charge in [0, 0.05) is 38.9 Å².